The van der Waals surface area contributed by atoms with Gasteiger partial charge in [-0.2, -0.15) is 0 Å². The zero-order valence-electron chi connectivity index (χ0n) is 10.1. The second-order valence-electron chi connectivity index (χ2n) is 3.28. The Morgan fingerprint density at radius 1 is 1.29 bits per heavy atom. The molecule has 0 radical (unpaired) electrons. The number of benzene rings is 1. The maximum atomic E-state index is 3.96. The lowest BCUT2D eigenvalue weighted by atomic mass is 9.99. The zero-order valence-corrected chi connectivity index (χ0v) is 10.1. The molecule has 0 fully saturated rings. The highest BCUT2D eigenvalue weighted by atomic mass is 14.0. The standard InChI is InChI=1S/C12H16.C2H6/c1-5-11-7-6-10(4)12(8-11)9(2)3;1-2/h6-8H,2,5H2,1,3-4H3;1-2H3. The molecule has 0 bridgehead atoms. The number of hydrogen-bond donors (Lipinski definition) is 0. The minimum absolute atomic E-state index is 1.10. The van der Waals surface area contributed by atoms with E-state index >= 15 is 0 Å². The molecule has 0 N–H and O–H groups in total. The quantitative estimate of drug-likeness (QED) is 0.638. The van der Waals surface area contributed by atoms with Crippen LogP contribution < -0.4 is 0 Å². The Morgan fingerprint density at radius 3 is 2.29 bits per heavy atom. The van der Waals surface area contributed by atoms with Gasteiger partial charge in [0, 0.05) is 0 Å². The molecule has 14 heavy (non-hydrogen) atoms. The molecular weight excluding hydrogens is 168 g/mol. The summed E-state index contributed by atoms with van der Waals surface area (Å²) in [5.74, 6) is 0. The molecule has 0 aliphatic carbocycles. The van der Waals surface area contributed by atoms with Gasteiger partial charge >= 0.3 is 0 Å². The summed E-state index contributed by atoms with van der Waals surface area (Å²) in [5.41, 5.74) is 5.16. The largest absolute Gasteiger partial charge is 0.0955 e. The van der Waals surface area contributed by atoms with Crippen LogP contribution in [0.2, 0.25) is 0 Å². The molecule has 0 aromatic heterocycles. The van der Waals surface area contributed by atoms with Gasteiger partial charge in [0.05, 0.1) is 0 Å². The van der Waals surface area contributed by atoms with E-state index in [0.717, 1.165) is 12.0 Å². The Hall–Kier alpha value is -1.04. The van der Waals surface area contributed by atoms with Crippen molar-refractivity contribution in [3.05, 3.63) is 41.5 Å². The summed E-state index contributed by atoms with van der Waals surface area (Å²) in [7, 11) is 0. The van der Waals surface area contributed by atoms with Gasteiger partial charge in [0.15, 0.2) is 0 Å². The third-order valence-electron chi connectivity index (χ3n) is 2.17. The lowest BCUT2D eigenvalue weighted by Crippen LogP contribution is -1.88. The first-order chi connectivity index (χ1) is 6.65. The second kappa shape index (κ2) is 6.42. The summed E-state index contributed by atoms with van der Waals surface area (Å²) in [6.45, 7) is 14.3. The van der Waals surface area contributed by atoms with Crippen molar-refractivity contribution in [2.75, 3.05) is 0 Å². The molecule has 0 amide bonds. The van der Waals surface area contributed by atoms with E-state index in [1.54, 1.807) is 0 Å². The number of allylic oxidation sites excluding steroid dienone is 1. The van der Waals surface area contributed by atoms with E-state index < -0.39 is 0 Å². The van der Waals surface area contributed by atoms with Gasteiger partial charge in [-0.15, -0.1) is 0 Å². The Balaban J connectivity index is 0.000000791. The Kier molecular flexibility index (Phi) is 5.94. The molecule has 0 saturated heterocycles. The van der Waals surface area contributed by atoms with Gasteiger partial charge in [0.25, 0.3) is 0 Å². The molecule has 0 atom stereocenters. The molecule has 0 nitrogen and oxygen atoms in total. The van der Waals surface area contributed by atoms with Crippen LogP contribution in [0.4, 0.5) is 0 Å². The van der Waals surface area contributed by atoms with Crippen LogP contribution in [0.1, 0.15) is 44.4 Å². The van der Waals surface area contributed by atoms with Gasteiger partial charge in [-0.1, -0.05) is 51.1 Å². The first kappa shape index (κ1) is 13.0. The Labute approximate surface area is 88.7 Å². The van der Waals surface area contributed by atoms with E-state index in [2.05, 4.69) is 45.5 Å². The first-order valence-corrected chi connectivity index (χ1v) is 5.40. The van der Waals surface area contributed by atoms with Crippen LogP contribution in [-0.2, 0) is 6.42 Å². The average molecular weight is 190 g/mol. The Bertz CT molecular complexity index is 295. The summed E-state index contributed by atoms with van der Waals surface area (Å²) < 4.78 is 0. The van der Waals surface area contributed by atoms with Crippen LogP contribution >= 0.6 is 0 Å². The van der Waals surface area contributed by atoms with Gasteiger partial charge in [-0.3, -0.25) is 0 Å². The lowest BCUT2D eigenvalue weighted by Gasteiger charge is -2.06. The fourth-order valence-electron chi connectivity index (χ4n) is 1.35. The van der Waals surface area contributed by atoms with Gasteiger partial charge in [0.1, 0.15) is 0 Å². The van der Waals surface area contributed by atoms with Crippen LogP contribution in [0.15, 0.2) is 24.8 Å². The maximum absolute atomic E-state index is 3.96. The van der Waals surface area contributed by atoms with E-state index in [-0.39, 0.29) is 0 Å². The topological polar surface area (TPSA) is 0 Å². The molecule has 0 aliphatic rings. The molecular formula is C14H22. The molecule has 1 aromatic rings. The molecule has 0 spiro atoms. The van der Waals surface area contributed by atoms with Crippen molar-refractivity contribution in [2.24, 2.45) is 0 Å². The van der Waals surface area contributed by atoms with Crippen molar-refractivity contribution in [2.45, 2.75) is 41.0 Å². The van der Waals surface area contributed by atoms with E-state index in [0.29, 0.717) is 0 Å². The lowest BCUT2D eigenvalue weighted by molar-refractivity contribution is 1.13. The smallest absolute Gasteiger partial charge is 0.0201 e. The molecule has 0 aliphatic heterocycles. The molecule has 0 unspecified atom stereocenters. The molecule has 78 valence electrons. The Morgan fingerprint density at radius 2 is 1.86 bits per heavy atom. The van der Waals surface area contributed by atoms with E-state index in [1.807, 2.05) is 13.8 Å². The van der Waals surface area contributed by atoms with Crippen molar-refractivity contribution >= 4 is 5.57 Å². The first-order valence-electron chi connectivity index (χ1n) is 5.40. The van der Waals surface area contributed by atoms with Gasteiger partial charge < -0.3 is 0 Å². The predicted octanol–water partition coefficient (Wildman–Crippen LogP) is 4.62. The fourth-order valence-corrected chi connectivity index (χ4v) is 1.35. The highest BCUT2D eigenvalue weighted by molar-refractivity contribution is 5.64. The van der Waals surface area contributed by atoms with Crippen LogP contribution in [0.25, 0.3) is 5.57 Å². The van der Waals surface area contributed by atoms with Crippen LogP contribution in [0.5, 0.6) is 0 Å². The predicted molar refractivity (Wildman–Crippen MR) is 66.6 cm³/mol. The fraction of sp³-hybridized carbons (Fsp3) is 0.429. The summed E-state index contributed by atoms with van der Waals surface area (Å²) in [6, 6.07) is 6.59. The van der Waals surface area contributed by atoms with E-state index in [4.69, 9.17) is 0 Å². The van der Waals surface area contributed by atoms with Crippen LogP contribution in [0.3, 0.4) is 0 Å². The van der Waals surface area contributed by atoms with Crippen molar-refractivity contribution in [3.63, 3.8) is 0 Å². The maximum Gasteiger partial charge on any atom is -0.0201 e. The van der Waals surface area contributed by atoms with Crippen LogP contribution in [-0.4, -0.2) is 0 Å². The van der Waals surface area contributed by atoms with Gasteiger partial charge in [-0.25, -0.2) is 0 Å². The van der Waals surface area contributed by atoms with Crippen LogP contribution in [0, 0.1) is 6.92 Å². The molecule has 0 heteroatoms. The van der Waals surface area contributed by atoms with Crippen molar-refractivity contribution < 1.29 is 0 Å². The highest BCUT2D eigenvalue weighted by Gasteiger charge is 1.99. The number of hydrogen-bond acceptors (Lipinski definition) is 0. The number of rotatable bonds is 2. The summed E-state index contributed by atoms with van der Waals surface area (Å²) in [4.78, 5) is 0. The van der Waals surface area contributed by atoms with Crippen molar-refractivity contribution in [3.8, 4) is 0 Å². The summed E-state index contributed by atoms with van der Waals surface area (Å²) in [5, 5.41) is 0. The minimum atomic E-state index is 1.10. The summed E-state index contributed by atoms with van der Waals surface area (Å²) >= 11 is 0. The second-order valence-corrected chi connectivity index (χ2v) is 3.28. The van der Waals surface area contributed by atoms with E-state index in [1.165, 1.54) is 16.7 Å². The normalized spacial score (nSPS) is 8.93. The molecule has 1 rings (SSSR count). The average Bonchev–Trinajstić information content (AvgIpc) is 2.21. The monoisotopic (exact) mass is 190 g/mol. The summed E-state index contributed by atoms with van der Waals surface area (Å²) in [6.07, 6.45) is 1.10. The molecule has 1 aromatic carbocycles. The minimum Gasteiger partial charge on any atom is -0.0955 e. The molecule has 0 heterocycles. The third-order valence-corrected chi connectivity index (χ3v) is 2.17. The van der Waals surface area contributed by atoms with Crippen molar-refractivity contribution in [1.82, 2.24) is 0 Å². The van der Waals surface area contributed by atoms with Gasteiger partial charge in [0.2, 0.25) is 0 Å². The third kappa shape index (κ3) is 3.37. The van der Waals surface area contributed by atoms with E-state index in [9.17, 15) is 0 Å². The number of aryl methyl sites for hydroxylation is 2. The SMILES string of the molecule is C=C(C)c1cc(CC)ccc1C.CC. The van der Waals surface area contributed by atoms with Gasteiger partial charge in [-0.05, 0) is 37.0 Å². The zero-order chi connectivity index (χ0) is 11.1. The van der Waals surface area contributed by atoms with Crippen molar-refractivity contribution in [1.29, 1.82) is 0 Å². The molecule has 0 saturated carbocycles. The highest BCUT2D eigenvalue weighted by Crippen LogP contribution is 2.18.